The molecule has 0 unspecified atom stereocenters. The molecule has 0 bridgehead atoms. The molecule has 1 heterocycles. The van der Waals surface area contributed by atoms with Crippen LogP contribution in [-0.4, -0.2) is 10.1 Å². The van der Waals surface area contributed by atoms with Gasteiger partial charge in [0.1, 0.15) is 17.7 Å². The lowest BCUT2D eigenvalue weighted by molar-refractivity contribution is 0.475. The standard InChI is InChI=1S/C16H13NO2/c1-11-17-16(10-19-11)14-4-2-12(3-5-14)13-6-8-15(18)9-7-13/h2-10,18H,1H3. The lowest BCUT2D eigenvalue weighted by Crippen LogP contribution is -1.80. The highest BCUT2D eigenvalue weighted by Crippen LogP contribution is 2.25. The van der Waals surface area contributed by atoms with Crippen molar-refractivity contribution in [3.05, 3.63) is 60.7 Å². The van der Waals surface area contributed by atoms with Crippen LogP contribution in [0.5, 0.6) is 5.75 Å². The highest BCUT2D eigenvalue weighted by molar-refractivity contribution is 5.68. The van der Waals surface area contributed by atoms with Crippen molar-refractivity contribution in [2.75, 3.05) is 0 Å². The van der Waals surface area contributed by atoms with Crippen molar-refractivity contribution in [2.45, 2.75) is 6.92 Å². The van der Waals surface area contributed by atoms with Crippen LogP contribution in [0.2, 0.25) is 0 Å². The van der Waals surface area contributed by atoms with Gasteiger partial charge in [-0.05, 0) is 23.3 Å². The van der Waals surface area contributed by atoms with Crippen LogP contribution in [0.1, 0.15) is 5.89 Å². The number of aromatic hydroxyl groups is 1. The highest BCUT2D eigenvalue weighted by Gasteiger charge is 2.04. The molecule has 3 rings (SSSR count). The molecule has 0 aliphatic heterocycles. The van der Waals surface area contributed by atoms with Crippen molar-refractivity contribution in [3.8, 4) is 28.1 Å². The Balaban J connectivity index is 1.92. The van der Waals surface area contributed by atoms with Crippen LogP contribution < -0.4 is 0 Å². The molecule has 3 nitrogen and oxygen atoms in total. The maximum atomic E-state index is 9.28. The van der Waals surface area contributed by atoms with E-state index >= 15 is 0 Å². The summed E-state index contributed by atoms with van der Waals surface area (Å²) in [6, 6.07) is 15.3. The molecule has 94 valence electrons. The Morgan fingerprint density at radius 3 is 1.89 bits per heavy atom. The smallest absolute Gasteiger partial charge is 0.191 e. The average molecular weight is 251 g/mol. The average Bonchev–Trinajstić information content (AvgIpc) is 2.87. The first-order chi connectivity index (χ1) is 9.22. The topological polar surface area (TPSA) is 46.3 Å². The van der Waals surface area contributed by atoms with Gasteiger partial charge in [0.15, 0.2) is 5.89 Å². The van der Waals surface area contributed by atoms with Gasteiger partial charge in [-0.2, -0.15) is 0 Å². The Kier molecular flexibility index (Phi) is 2.80. The number of phenolic OH excluding ortho intramolecular Hbond substituents is 1. The molecule has 3 aromatic rings. The van der Waals surface area contributed by atoms with Gasteiger partial charge in [0.25, 0.3) is 0 Å². The van der Waals surface area contributed by atoms with Gasteiger partial charge in [-0.3, -0.25) is 0 Å². The van der Waals surface area contributed by atoms with Gasteiger partial charge in [0.05, 0.1) is 0 Å². The third-order valence-corrected chi connectivity index (χ3v) is 3.00. The van der Waals surface area contributed by atoms with Gasteiger partial charge in [-0.25, -0.2) is 4.98 Å². The van der Waals surface area contributed by atoms with E-state index in [1.54, 1.807) is 18.4 Å². The molecular formula is C16H13NO2. The van der Waals surface area contributed by atoms with E-state index in [9.17, 15) is 5.11 Å². The lowest BCUT2D eigenvalue weighted by Gasteiger charge is -2.03. The zero-order valence-corrected chi connectivity index (χ0v) is 10.5. The largest absolute Gasteiger partial charge is 0.508 e. The van der Waals surface area contributed by atoms with Crippen molar-refractivity contribution < 1.29 is 9.52 Å². The maximum absolute atomic E-state index is 9.28. The second-order valence-corrected chi connectivity index (χ2v) is 4.38. The van der Waals surface area contributed by atoms with E-state index in [4.69, 9.17) is 4.42 Å². The number of nitrogens with zero attached hydrogens (tertiary/aromatic N) is 1. The summed E-state index contributed by atoms with van der Waals surface area (Å²) in [5.41, 5.74) is 4.04. The van der Waals surface area contributed by atoms with Gasteiger partial charge in [-0.15, -0.1) is 0 Å². The summed E-state index contributed by atoms with van der Waals surface area (Å²) in [6.07, 6.45) is 1.66. The molecule has 0 saturated carbocycles. The predicted octanol–water partition coefficient (Wildman–Crippen LogP) is 4.02. The number of benzene rings is 2. The van der Waals surface area contributed by atoms with Crippen LogP contribution >= 0.6 is 0 Å². The summed E-state index contributed by atoms with van der Waals surface area (Å²) in [6.45, 7) is 1.83. The monoisotopic (exact) mass is 251 g/mol. The molecule has 0 saturated heterocycles. The molecule has 3 heteroatoms. The fourth-order valence-electron chi connectivity index (χ4n) is 1.98. The first-order valence-electron chi connectivity index (χ1n) is 6.04. The summed E-state index contributed by atoms with van der Waals surface area (Å²) in [5, 5.41) is 9.28. The molecule has 0 aliphatic rings. The van der Waals surface area contributed by atoms with Crippen LogP contribution in [0.4, 0.5) is 0 Å². The van der Waals surface area contributed by atoms with Gasteiger partial charge in [0, 0.05) is 12.5 Å². The molecular weight excluding hydrogens is 238 g/mol. The van der Waals surface area contributed by atoms with Crippen molar-refractivity contribution >= 4 is 0 Å². The highest BCUT2D eigenvalue weighted by atomic mass is 16.3. The molecule has 19 heavy (non-hydrogen) atoms. The Labute approximate surface area is 111 Å². The first kappa shape index (κ1) is 11.5. The summed E-state index contributed by atoms with van der Waals surface area (Å²) in [4.78, 5) is 4.30. The third kappa shape index (κ3) is 2.36. The van der Waals surface area contributed by atoms with E-state index in [1.165, 1.54) is 0 Å². The summed E-state index contributed by atoms with van der Waals surface area (Å²) in [5.74, 6) is 0.941. The van der Waals surface area contributed by atoms with Gasteiger partial charge < -0.3 is 9.52 Å². The summed E-state index contributed by atoms with van der Waals surface area (Å²) >= 11 is 0. The lowest BCUT2D eigenvalue weighted by atomic mass is 10.0. The van der Waals surface area contributed by atoms with Crippen LogP contribution in [0.25, 0.3) is 22.4 Å². The van der Waals surface area contributed by atoms with Crippen molar-refractivity contribution in [2.24, 2.45) is 0 Å². The van der Waals surface area contributed by atoms with E-state index in [2.05, 4.69) is 4.98 Å². The number of aromatic nitrogens is 1. The Morgan fingerprint density at radius 1 is 0.842 bits per heavy atom. The fraction of sp³-hybridized carbons (Fsp3) is 0.0625. The summed E-state index contributed by atoms with van der Waals surface area (Å²) in [7, 11) is 0. The molecule has 0 fully saturated rings. The molecule has 0 aliphatic carbocycles. The predicted molar refractivity (Wildman–Crippen MR) is 73.8 cm³/mol. The zero-order chi connectivity index (χ0) is 13.2. The SMILES string of the molecule is Cc1nc(-c2ccc(-c3ccc(O)cc3)cc2)co1. The first-order valence-corrected chi connectivity index (χ1v) is 6.04. The van der Waals surface area contributed by atoms with Crippen molar-refractivity contribution in [1.29, 1.82) is 0 Å². The molecule has 0 spiro atoms. The number of hydrogen-bond donors (Lipinski definition) is 1. The molecule has 1 aromatic heterocycles. The van der Waals surface area contributed by atoms with Crippen molar-refractivity contribution in [1.82, 2.24) is 4.98 Å². The van der Waals surface area contributed by atoms with E-state index in [-0.39, 0.29) is 5.75 Å². The zero-order valence-electron chi connectivity index (χ0n) is 10.5. The van der Waals surface area contributed by atoms with Crippen LogP contribution in [-0.2, 0) is 0 Å². The second kappa shape index (κ2) is 4.61. The van der Waals surface area contributed by atoms with Crippen LogP contribution in [0, 0.1) is 6.92 Å². The molecule has 1 N–H and O–H groups in total. The number of hydrogen-bond acceptors (Lipinski definition) is 3. The Morgan fingerprint density at radius 2 is 1.37 bits per heavy atom. The number of oxazole rings is 1. The molecule has 0 radical (unpaired) electrons. The Bertz CT molecular complexity index is 682. The number of aryl methyl sites for hydroxylation is 1. The van der Waals surface area contributed by atoms with Crippen molar-refractivity contribution in [3.63, 3.8) is 0 Å². The van der Waals surface area contributed by atoms with Crippen LogP contribution in [0.3, 0.4) is 0 Å². The fourth-order valence-corrected chi connectivity index (χ4v) is 1.98. The van der Waals surface area contributed by atoms with E-state index in [0.29, 0.717) is 5.89 Å². The molecule has 0 amide bonds. The van der Waals surface area contributed by atoms with Gasteiger partial charge >= 0.3 is 0 Å². The summed E-state index contributed by atoms with van der Waals surface area (Å²) < 4.78 is 5.21. The third-order valence-electron chi connectivity index (χ3n) is 3.00. The maximum Gasteiger partial charge on any atom is 0.191 e. The van der Waals surface area contributed by atoms with E-state index in [1.807, 2.05) is 43.3 Å². The minimum atomic E-state index is 0.276. The van der Waals surface area contributed by atoms with Gasteiger partial charge in [-0.1, -0.05) is 36.4 Å². The number of phenols is 1. The Hall–Kier alpha value is -2.55. The number of rotatable bonds is 2. The minimum Gasteiger partial charge on any atom is -0.508 e. The molecule has 2 aromatic carbocycles. The second-order valence-electron chi connectivity index (χ2n) is 4.38. The quantitative estimate of drug-likeness (QED) is 0.748. The normalized spacial score (nSPS) is 10.6. The molecule has 0 atom stereocenters. The van der Waals surface area contributed by atoms with E-state index in [0.717, 1.165) is 22.4 Å². The van der Waals surface area contributed by atoms with Crippen LogP contribution in [0.15, 0.2) is 59.2 Å². The van der Waals surface area contributed by atoms with E-state index < -0.39 is 0 Å². The van der Waals surface area contributed by atoms with Gasteiger partial charge in [0.2, 0.25) is 0 Å². The minimum absolute atomic E-state index is 0.276.